The third-order valence-corrected chi connectivity index (χ3v) is 3.23. The van der Waals surface area contributed by atoms with Crippen LogP contribution in [0.15, 0.2) is 5.18 Å². The summed E-state index contributed by atoms with van der Waals surface area (Å²) < 4.78 is 5.32. The third-order valence-electron chi connectivity index (χ3n) is 3.23. The molecular weight excluding hydrogens is 222 g/mol. The van der Waals surface area contributed by atoms with Crippen molar-refractivity contribution in [3.8, 4) is 0 Å². The Kier molecular flexibility index (Phi) is 4.37. The van der Waals surface area contributed by atoms with Gasteiger partial charge in [0.2, 0.25) is 0 Å². The molecule has 5 nitrogen and oxygen atoms in total. The topological polar surface area (TPSA) is 72.8 Å². The summed E-state index contributed by atoms with van der Waals surface area (Å²) in [6.45, 7) is 5.21. The molecule has 0 radical (unpaired) electrons. The highest BCUT2D eigenvalue weighted by molar-refractivity contribution is 5.83. The zero-order valence-electron chi connectivity index (χ0n) is 10.6. The third kappa shape index (κ3) is 3.91. The van der Waals surface area contributed by atoms with Gasteiger partial charge < -0.3 is 4.74 Å². The number of Topliss-reactive ketones (excluding diaryl/α,β-unsaturated/α-hetero) is 1. The molecular formula is C12H19NO4. The number of carbonyl (C=O) groups is 2. The summed E-state index contributed by atoms with van der Waals surface area (Å²) in [6.07, 6.45) is 1.61. The lowest BCUT2D eigenvalue weighted by molar-refractivity contribution is -0.167. The molecule has 0 aromatic carbocycles. The fraction of sp³-hybridized carbons (Fsp3) is 0.833. The Morgan fingerprint density at radius 1 is 1.29 bits per heavy atom. The van der Waals surface area contributed by atoms with E-state index in [4.69, 9.17) is 4.74 Å². The Balaban J connectivity index is 2.35. The molecule has 0 aromatic heterocycles. The van der Waals surface area contributed by atoms with Crippen LogP contribution in [0.1, 0.15) is 40.0 Å². The van der Waals surface area contributed by atoms with E-state index < -0.39 is 5.60 Å². The highest BCUT2D eigenvalue weighted by Gasteiger charge is 2.39. The van der Waals surface area contributed by atoms with Gasteiger partial charge in [-0.3, -0.25) is 9.59 Å². The largest absolute Gasteiger partial charge is 0.459 e. The molecule has 5 heteroatoms. The van der Waals surface area contributed by atoms with Gasteiger partial charge in [0.25, 0.3) is 0 Å². The fourth-order valence-corrected chi connectivity index (χ4v) is 1.86. The van der Waals surface area contributed by atoms with Gasteiger partial charge in [0.1, 0.15) is 11.4 Å². The Labute approximate surface area is 101 Å². The molecule has 1 saturated carbocycles. The first kappa shape index (κ1) is 13.8. The van der Waals surface area contributed by atoms with Crippen molar-refractivity contribution in [2.24, 2.45) is 17.0 Å². The number of hydrogen-bond donors (Lipinski definition) is 0. The summed E-state index contributed by atoms with van der Waals surface area (Å²) in [5.41, 5.74) is -0.660. The predicted molar refractivity (Wildman–Crippen MR) is 62.3 cm³/mol. The second-order valence-electron chi connectivity index (χ2n) is 5.26. The summed E-state index contributed by atoms with van der Waals surface area (Å²) in [5, 5.41) is 2.76. The van der Waals surface area contributed by atoms with Gasteiger partial charge in [-0.15, -0.1) is 0 Å². The lowest BCUT2D eigenvalue weighted by atomic mass is 9.73. The van der Waals surface area contributed by atoms with Gasteiger partial charge in [0, 0.05) is 12.3 Å². The maximum atomic E-state index is 11.7. The van der Waals surface area contributed by atoms with Crippen LogP contribution in [0.5, 0.6) is 0 Å². The molecule has 0 amide bonds. The van der Waals surface area contributed by atoms with E-state index >= 15 is 0 Å². The zero-order chi connectivity index (χ0) is 13.1. The number of hydrogen-bond acceptors (Lipinski definition) is 5. The minimum absolute atomic E-state index is 0.0207. The van der Waals surface area contributed by atoms with Crippen LogP contribution in [0.2, 0.25) is 0 Å². The summed E-state index contributed by atoms with van der Waals surface area (Å²) in [7, 11) is 0. The summed E-state index contributed by atoms with van der Waals surface area (Å²) >= 11 is 0. The van der Waals surface area contributed by atoms with Crippen molar-refractivity contribution in [1.82, 2.24) is 0 Å². The van der Waals surface area contributed by atoms with Crippen LogP contribution in [-0.2, 0) is 14.3 Å². The van der Waals surface area contributed by atoms with E-state index in [1.165, 1.54) is 0 Å². The van der Waals surface area contributed by atoms with Crippen molar-refractivity contribution < 1.29 is 14.3 Å². The van der Waals surface area contributed by atoms with Crippen molar-refractivity contribution in [2.75, 3.05) is 6.54 Å². The molecule has 0 aliphatic heterocycles. The Bertz CT molecular complexity index is 318. The fourth-order valence-electron chi connectivity index (χ4n) is 1.86. The predicted octanol–water partition coefficient (Wildman–Crippen LogP) is 2.08. The van der Waals surface area contributed by atoms with Crippen LogP contribution >= 0.6 is 0 Å². The monoisotopic (exact) mass is 241 g/mol. The summed E-state index contributed by atoms with van der Waals surface area (Å²) in [6, 6.07) is 0. The number of esters is 1. The number of nitroso groups, excluding NO2 is 1. The van der Waals surface area contributed by atoms with Crippen molar-refractivity contribution in [3.63, 3.8) is 0 Å². The van der Waals surface area contributed by atoms with E-state index in [0.717, 1.165) is 0 Å². The standard InChI is InChI=1S/C12H19NO4/c1-8(14)9-6-10(7-9)11(15)17-12(2,3)4-5-13-16/h9-10H,4-7H2,1-3H3. The Morgan fingerprint density at radius 2 is 1.88 bits per heavy atom. The molecule has 1 rings (SSSR count). The SMILES string of the molecule is CC(=O)C1CC(C(=O)OC(C)(C)CCN=O)C1. The first-order chi connectivity index (χ1) is 7.85. The molecule has 1 aliphatic rings. The second kappa shape index (κ2) is 5.38. The van der Waals surface area contributed by atoms with Gasteiger partial charge in [-0.25, -0.2) is 0 Å². The van der Waals surface area contributed by atoms with E-state index in [1.54, 1.807) is 20.8 Å². The van der Waals surface area contributed by atoms with Crippen molar-refractivity contribution >= 4 is 11.8 Å². The zero-order valence-corrected chi connectivity index (χ0v) is 10.6. The number of nitrogens with zero attached hydrogens (tertiary/aromatic N) is 1. The van der Waals surface area contributed by atoms with Gasteiger partial charge in [-0.2, -0.15) is 4.91 Å². The van der Waals surface area contributed by atoms with Gasteiger partial charge in [0.05, 0.1) is 12.5 Å². The van der Waals surface area contributed by atoms with E-state index in [0.29, 0.717) is 19.3 Å². The van der Waals surface area contributed by atoms with Gasteiger partial charge in [-0.05, 0) is 33.6 Å². The van der Waals surface area contributed by atoms with Gasteiger partial charge in [-0.1, -0.05) is 5.18 Å². The molecule has 1 fully saturated rings. The van der Waals surface area contributed by atoms with Crippen LogP contribution < -0.4 is 0 Å². The molecule has 0 bridgehead atoms. The van der Waals surface area contributed by atoms with Crippen molar-refractivity contribution in [3.05, 3.63) is 4.91 Å². The number of carbonyl (C=O) groups excluding carboxylic acids is 2. The van der Waals surface area contributed by atoms with Crippen LogP contribution in [0.25, 0.3) is 0 Å². The van der Waals surface area contributed by atoms with E-state index in [9.17, 15) is 14.5 Å². The maximum absolute atomic E-state index is 11.7. The minimum atomic E-state index is -0.660. The second-order valence-corrected chi connectivity index (χ2v) is 5.26. The van der Waals surface area contributed by atoms with Crippen molar-refractivity contribution in [1.29, 1.82) is 0 Å². The molecule has 0 heterocycles. The van der Waals surface area contributed by atoms with Gasteiger partial charge >= 0.3 is 5.97 Å². The summed E-state index contributed by atoms with van der Waals surface area (Å²) in [4.78, 5) is 32.8. The molecule has 0 N–H and O–H groups in total. The van der Waals surface area contributed by atoms with Crippen molar-refractivity contribution in [2.45, 2.75) is 45.6 Å². The molecule has 0 spiro atoms. The van der Waals surface area contributed by atoms with E-state index in [1.807, 2.05) is 0 Å². The molecule has 0 unspecified atom stereocenters. The maximum Gasteiger partial charge on any atom is 0.309 e. The normalized spacial score (nSPS) is 23.7. The molecule has 1 aliphatic carbocycles. The number of ether oxygens (including phenoxy) is 1. The van der Waals surface area contributed by atoms with E-state index in [-0.39, 0.29) is 30.1 Å². The molecule has 0 saturated heterocycles. The number of rotatable bonds is 6. The average molecular weight is 241 g/mol. The smallest absolute Gasteiger partial charge is 0.309 e. The van der Waals surface area contributed by atoms with Crippen LogP contribution in [0.3, 0.4) is 0 Å². The van der Waals surface area contributed by atoms with Crippen LogP contribution in [-0.4, -0.2) is 23.9 Å². The van der Waals surface area contributed by atoms with Gasteiger partial charge in [0.15, 0.2) is 0 Å². The molecule has 96 valence electrons. The molecule has 17 heavy (non-hydrogen) atoms. The number of ketones is 1. The van der Waals surface area contributed by atoms with E-state index in [2.05, 4.69) is 5.18 Å². The Hall–Kier alpha value is -1.26. The first-order valence-electron chi connectivity index (χ1n) is 5.88. The highest BCUT2D eigenvalue weighted by atomic mass is 16.6. The average Bonchev–Trinajstić information content (AvgIpc) is 2.10. The quantitative estimate of drug-likeness (QED) is 0.527. The lowest BCUT2D eigenvalue weighted by Gasteiger charge is -2.34. The summed E-state index contributed by atoms with van der Waals surface area (Å²) in [5.74, 6) is -0.267. The highest BCUT2D eigenvalue weighted by Crippen LogP contribution is 2.36. The minimum Gasteiger partial charge on any atom is -0.459 e. The molecule has 0 aromatic rings. The lowest BCUT2D eigenvalue weighted by Crippen LogP contribution is -2.39. The van der Waals surface area contributed by atoms with Crippen LogP contribution in [0.4, 0.5) is 0 Å². The Morgan fingerprint density at radius 3 is 2.35 bits per heavy atom. The first-order valence-corrected chi connectivity index (χ1v) is 5.88. The van der Waals surface area contributed by atoms with Crippen LogP contribution in [0, 0.1) is 16.7 Å². The molecule has 0 atom stereocenters.